The highest BCUT2D eigenvalue weighted by Crippen LogP contribution is 2.54. The maximum absolute atomic E-state index is 4.00. The molecule has 1 radical (unpaired) electrons. The van der Waals surface area contributed by atoms with Gasteiger partial charge in [-0.25, -0.2) is 0 Å². The Balaban J connectivity index is 1.21. The van der Waals surface area contributed by atoms with Crippen LogP contribution in [0.1, 0.15) is 146 Å². The summed E-state index contributed by atoms with van der Waals surface area (Å²) in [5, 5.41) is 7.83. The molecule has 0 fully saturated rings. The molecule has 2 heterocycles. The summed E-state index contributed by atoms with van der Waals surface area (Å²) < 4.78 is 2.70. The van der Waals surface area contributed by atoms with Gasteiger partial charge in [0.2, 0.25) is 7.28 Å². The van der Waals surface area contributed by atoms with E-state index >= 15 is 0 Å². The van der Waals surface area contributed by atoms with Gasteiger partial charge in [-0.05, 0) is 205 Å². The predicted molar refractivity (Wildman–Crippen MR) is 303 cm³/mol. The number of benzene rings is 7. The summed E-state index contributed by atoms with van der Waals surface area (Å²) in [6, 6.07) is 47.3. The van der Waals surface area contributed by atoms with Crippen LogP contribution in [0.5, 0.6) is 0 Å². The van der Waals surface area contributed by atoms with Gasteiger partial charge in [-0.15, -0.1) is 11.3 Å². The minimum absolute atomic E-state index is 0.0554. The zero-order valence-corrected chi connectivity index (χ0v) is 44.0. The van der Waals surface area contributed by atoms with Gasteiger partial charge in [-0.1, -0.05) is 142 Å². The van der Waals surface area contributed by atoms with Crippen molar-refractivity contribution >= 4 is 78.2 Å². The van der Waals surface area contributed by atoms with E-state index in [0.717, 1.165) is 17.8 Å². The van der Waals surface area contributed by atoms with E-state index in [4.69, 9.17) is 0 Å². The quantitative estimate of drug-likeness (QED) is 0.115. The SMILES string of the molecule is CCCCCc1ccc(Nc2cc3ccccc3cc2-c2cc(-c3ccccc3C)cc3c2[B]c2sc4cc5c(cc4c2N3c2cc3c(cc2C)C(C)(C)CCC3(C)C)C(C)(C)CCC5(C)C)cc1. The van der Waals surface area contributed by atoms with E-state index in [2.05, 4.69) is 215 Å². The van der Waals surface area contributed by atoms with Gasteiger partial charge in [0.1, 0.15) is 0 Å². The lowest BCUT2D eigenvalue weighted by Gasteiger charge is -2.44. The van der Waals surface area contributed by atoms with Crippen molar-refractivity contribution in [3.8, 4) is 22.3 Å². The number of anilines is 5. The molecule has 11 rings (SSSR count). The smallest absolute Gasteiger partial charge is 0.211 e. The minimum atomic E-state index is 0.0554. The van der Waals surface area contributed by atoms with Gasteiger partial charge in [0.25, 0.3) is 0 Å². The normalized spacial score (nSPS) is 17.2. The molecule has 4 heteroatoms. The molecular weight excluding hydrogens is 852 g/mol. The number of aryl methyl sites for hydroxylation is 3. The summed E-state index contributed by atoms with van der Waals surface area (Å²) in [6.07, 6.45) is 9.61. The van der Waals surface area contributed by atoms with Gasteiger partial charge in [-0.3, -0.25) is 0 Å². The molecule has 0 bridgehead atoms. The lowest BCUT2D eigenvalue weighted by molar-refractivity contribution is 0.332. The Bertz CT molecular complexity index is 3330. The van der Waals surface area contributed by atoms with Crippen LogP contribution in [0.2, 0.25) is 0 Å². The third-order valence-electron chi connectivity index (χ3n) is 16.9. The van der Waals surface area contributed by atoms with Crippen molar-refractivity contribution < 1.29 is 0 Å². The van der Waals surface area contributed by atoms with Crippen molar-refractivity contribution in [2.75, 3.05) is 10.2 Å². The molecule has 7 aromatic carbocycles. The van der Waals surface area contributed by atoms with E-state index in [-0.39, 0.29) is 21.7 Å². The standard InChI is InChI=1S/C65H70BN2S/c1-12-13-14-20-42-24-26-46(27-25-42)67-55-35-44-22-17-16-21-43(44)33-48(55)49-34-45(47-23-18-15-19-40(47)2)36-57-59(49)66-61-60(50-37-52-54(39-58(50)69-61)65(10,11)31-29-63(52,6)7)68(57)56-38-53-51(32-41(56)3)62(4,5)28-30-64(53,8)9/h15-19,21-27,32-39,67H,12-14,20,28-31H2,1-11H3. The summed E-state index contributed by atoms with van der Waals surface area (Å²) in [7, 11) is 2.56. The van der Waals surface area contributed by atoms with E-state index in [1.807, 2.05) is 11.3 Å². The highest BCUT2D eigenvalue weighted by Gasteiger charge is 2.42. The van der Waals surface area contributed by atoms with Gasteiger partial charge >= 0.3 is 0 Å². The summed E-state index contributed by atoms with van der Waals surface area (Å²) in [6.45, 7) is 26.7. The van der Waals surface area contributed by atoms with Gasteiger partial charge in [0, 0.05) is 38.4 Å². The first-order valence-corrected chi connectivity index (χ1v) is 26.8. The Labute approximate surface area is 417 Å². The zero-order valence-electron chi connectivity index (χ0n) is 43.1. The van der Waals surface area contributed by atoms with Crippen LogP contribution >= 0.6 is 11.3 Å². The highest BCUT2D eigenvalue weighted by atomic mass is 32.1. The van der Waals surface area contributed by atoms with Crippen LogP contribution in [0.15, 0.2) is 121 Å². The monoisotopic (exact) mass is 922 g/mol. The predicted octanol–water partition coefficient (Wildman–Crippen LogP) is 17.6. The third kappa shape index (κ3) is 7.94. The fourth-order valence-corrected chi connectivity index (χ4v) is 13.4. The Kier molecular flexibility index (Phi) is 11.2. The highest BCUT2D eigenvalue weighted by molar-refractivity contribution is 7.29. The Morgan fingerprint density at radius 1 is 0.565 bits per heavy atom. The molecule has 0 unspecified atom stereocenters. The van der Waals surface area contributed by atoms with Crippen LogP contribution in [0.3, 0.4) is 0 Å². The summed E-state index contributed by atoms with van der Waals surface area (Å²) >= 11 is 1.98. The molecule has 69 heavy (non-hydrogen) atoms. The summed E-state index contributed by atoms with van der Waals surface area (Å²) in [5.74, 6) is 0. The minimum Gasteiger partial charge on any atom is -0.355 e. The molecule has 8 aromatic rings. The second-order valence-electron chi connectivity index (χ2n) is 23.7. The average Bonchev–Trinajstić information content (AvgIpc) is 3.68. The lowest BCUT2D eigenvalue weighted by atomic mass is 9.60. The lowest BCUT2D eigenvalue weighted by Crippen LogP contribution is -2.40. The summed E-state index contributed by atoms with van der Waals surface area (Å²) in [5.41, 5.74) is 22.7. The third-order valence-corrected chi connectivity index (χ3v) is 18.0. The maximum Gasteiger partial charge on any atom is 0.211 e. The van der Waals surface area contributed by atoms with Crippen LogP contribution in [-0.2, 0) is 28.1 Å². The second kappa shape index (κ2) is 16.8. The number of thiophene rings is 1. The molecule has 1 aromatic heterocycles. The molecule has 2 aliphatic carbocycles. The second-order valence-corrected chi connectivity index (χ2v) is 24.8. The molecule has 2 nitrogen and oxygen atoms in total. The molecule has 1 aliphatic heterocycles. The van der Waals surface area contributed by atoms with Crippen LogP contribution in [0.4, 0.5) is 28.4 Å². The number of hydrogen-bond donors (Lipinski definition) is 1. The number of hydrogen-bond acceptors (Lipinski definition) is 3. The van der Waals surface area contributed by atoms with Crippen LogP contribution in [0.25, 0.3) is 43.1 Å². The topological polar surface area (TPSA) is 15.3 Å². The Hall–Kier alpha value is -5.58. The number of nitrogens with zero attached hydrogens (tertiary/aromatic N) is 1. The number of nitrogens with one attached hydrogen (secondary N) is 1. The molecule has 1 N–H and O–H groups in total. The zero-order chi connectivity index (χ0) is 48.2. The molecule has 0 saturated carbocycles. The largest absolute Gasteiger partial charge is 0.355 e. The molecule has 349 valence electrons. The molecule has 0 atom stereocenters. The first kappa shape index (κ1) is 45.8. The van der Waals surface area contributed by atoms with Gasteiger partial charge in [0.05, 0.1) is 5.69 Å². The number of rotatable bonds is 9. The van der Waals surface area contributed by atoms with Gasteiger partial charge < -0.3 is 10.2 Å². The van der Waals surface area contributed by atoms with E-state index in [1.165, 1.54) is 154 Å². The fourth-order valence-electron chi connectivity index (χ4n) is 12.3. The van der Waals surface area contributed by atoms with Gasteiger partial charge in [0.15, 0.2) is 0 Å². The first-order valence-electron chi connectivity index (χ1n) is 26.0. The van der Waals surface area contributed by atoms with Crippen molar-refractivity contribution in [2.45, 2.75) is 149 Å². The van der Waals surface area contributed by atoms with Crippen LogP contribution < -0.4 is 20.5 Å². The van der Waals surface area contributed by atoms with Crippen molar-refractivity contribution in [1.82, 2.24) is 0 Å². The Morgan fingerprint density at radius 2 is 1.17 bits per heavy atom. The van der Waals surface area contributed by atoms with E-state index < -0.39 is 0 Å². The van der Waals surface area contributed by atoms with E-state index in [9.17, 15) is 0 Å². The maximum atomic E-state index is 4.00. The van der Waals surface area contributed by atoms with Crippen molar-refractivity contribution in [3.63, 3.8) is 0 Å². The van der Waals surface area contributed by atoms with Crippen molar-refractivity contribution in [2.24, 2.45) is 0 Å². The molecular formula is C65H70BN2S. The van der Waals surface area contributed by atoms with Gasteiger partial charge in [-0.2, -0.15) is 0 Å². The van der Waals surface area contributed by atoms with Crippen molar-refractivity contribution in [1.29, 1.82) is 0 Å². The first-order chi connectivity index (χ1) is 32.9. The van der Waals surface area contributed by atoms with Crippen LogP contribution in [-0.4, -0.2) is 7.28 Å². The summed E-state index contributed by atoms with van der Waals surface area (Å²) in [4.78, 5) is 2.72. The number of unbranched alkanes of at least 4 members (excludes halogenated alkanes) is 2. The number of fused-ring (bicyclic) bond motifs is 7. The molecule has 0 amide bonds. The Morgan fingerprint density at radius 3 is 1.84 bits per heavy atom. The van der Waals surface area contributed by atoms with E-state index in [1.54, 1.807) is 0 Å². The van der Waals surface area contributed by atoms with Crippen LogP contribution in [0, 0.1) is 13.8 Å². The fraction of sp³-hybridized carbons (Fsp3) is 0.354. The van der Waals surface area contributed by atoms with E-state index in [0.29, 0.717) is 0 Å². The molecule has 0 saturated heterocycles. The van der Waals surface area contributed by atoms with Crippen molar-refractivity contribution in [3.05, 3.63) is 160 Å². The average molecular weight is 922 g/mol. The molecule has 3 aliphatic rings. The molecule has 0 spiro atoms.